The van der Waals surface area contributed by atoms with Crippen LogP contribution in [0.4, 0.5) is 0 Å². The maximum absolute atomic E-state index is 5.46. The fraction of sp³-hybridized carbons (Fsp3) is 0.500. The number of nitrogens with one attached hydrogen (secondary N) is 2. The van der Waals surface area contributed by atoms with Crippen LogP contribution in [0.15, 0.2) is 16.7 Å². The molecule has 2 heterocycles. The number of aryl methyl sites for hydroxylation is 1. The quantitative estimate of drug-likeness (QED) is 0.733. The highest BCUT2D eigenvalue weighted by Crippen LogP contribution is 2.11. The van der Waals surface area contributed by atoms with Gasteiger partial charge in [0.15, 0.2) is 12.4 Å². The zero-order valence-corrected chi connectivity index (χ0v) is 10.7. The van der Waals surface area contributed by atoms with Crippen LogP contribution < -0.4 is 10.1 Å². The van der Waals surface area contributed by atoms with E-state index in [0.717, 1.165) is 30.9 Å². The van der Waals surface area contributed by atoms with Crippen LogP contribution >= 0.6 is 0 Å². The van der Waals surface area contributed by atoms with E-state index >= 15 is 0 Å². The zero-order valence-electron chi connectivity index (χ0n) is 10.7. The first-order chi connectivity index (χ1) is 8.78. The molecule has 0 aliphatic carbocycles. The molecule has 2 rings (SSSR count). The van der Waals surface area contributed by atoms with Crippen molar-refractivity contribution < 1.29 is 9.26 Å². The fourth-order valence-electron chi connectivity index (χ4n) is 1.51. The molecule has 0 aliphatic heterocycles. The summed E-state index contributed by atoms with van der Waals surface area (Å²) in [5.41, 5.74) is 1.85. The summed E-state index contributed by atoms with van der Waals surface area (Å²) in [5.74, 6) is 1.26. The second kappa shape index (κ2) is 6.20. The van der Waals surface area contributed by atoms with Crippen LogP contribution in [0.5, 0.6) is 5.88 Å². The largest absolute Gasteiger partial charge is 0.468 e. The number of nitrogens with zero attached hydrogens (tertiary/aromatic N) is 2. The smallest absolute Gasteiger partial charge is 0.233 e. The summed E-state index contributed by atoms with van der Waals surface area (Å²) >= 11 is 0. The van der Waals surface area contributed by atoms with Crippen LogP contribution in [0.2, 0.25) is 0 Å². The Balaban J connectivity index is 1.79. The Morgan fingerprint density at radius 3 is 3.06 bits per heavy atom. The number of rotatable bonds is 7. The van der Waals surface area contributed by atoms with Gasteiger partial charge in [-0.3, -0.25) is 5.10 Å². The Morgan fingerprint density at radius 1 is 1.44 bits per heavy atom. The number of ether oxygens (including phenoxy) is 1. The second-order valence-corrected chi connectivity index (χ2v) is 4.14. The summed E-state index contributed by atoms with van der Waals surface area (Å²) < 4.78 is 10.6. The predicted molar refractivity (Wildman–Crippen MR) is 66.2 cm³/mol. The summed E-state index contributed by atoms with van der Waals surface area (Å²) in [5, 5.41) is 14.0. The van der Waals surface area contributed by atoms with Crippen molar-refractivity contribution >= 4 is 0 Å². The summed E-state index contributed by atoms with van der Waals surface area (Å²) in [6, 6.07) is 3.72. The molecule has 0 spiro atoms. The molecule has 0 aliphatic rings. The molecular formula is C12H18N4O2. The highest BCUT2D eigenvalue weighted by molar-refractivity contribution is 5.13. The molecule has 0 bridgehead atoms. The Kier molecular flexibility index (Phi) is 4.35. The molecule has 6 nitrogen and oxygen atoms in total. The van der Waals surface area contributed by atoms with Gasteiger partial charge in [0.05, 0.1) is 5.69 Å². The van der Waals surface area contributed by atoms with Crippen molar-refractivity contribution in [2.24, 2.45) is 0 Å². The van der Waals surface area contributed by atoms with E-state index in [-0.39, 0.29) is 0 Å². The lowest BCUT2D eigenvalue weighted by atomic mass is 10.3. The van der Waals surface area contributed by atoms with Crippen LogP contribution in [-0.2, 0) is 13.2 Å². The minimum Gasteiger partial charge on any atom is -0.468 e. The number of aromatic amines is 1. The third-order valence-electron chi connectivity index (χ3n) is 2.39. The molecule has 0 aromatic carbocycles. The maximum Gasteiger partial charge on any atom is 0.233 e. The van der Waals surface area contributed by atoms with Gasteiger partial charge in [0.2, 0.25) is 5.88 Å². The van der Waals surface area contributed by atoms with Gasteiger partial charge in [-0.2, -0.15) is 0 Å². The topological polar surface area (TPSA) is 76.0 Å². The van der Waals surface area contributed by atoms with Gasteiger partial charge in [-0.1, -0.05) is 12.1 Å². The van der Waals surface area contributed by atoms with E-state index in [0.29, 0.717) is 18.2 Å². The highest BCUT2D eigenvalue weighted by Gasteiger charge is 2.06. The van der Waals surface area contributed by atoms with Crippen molar-refractivity contribution in [2.75, 3.05) is 6.54 Å². The molecule has 0 radical (unpaired) electrons. The molecule has 2 aromatic rings. The van der Waals surface area contributed by atoms with E-state index in [2.05, 4.69) is 27.6 Å². The van der Waals surface area contributed by atoms with Gasteiger partial charge >= 0.3 is 0 Å². The van der Waals surface area contributed by atoms with E-state index in [1.807, 2.05) is 19.1 Å². The first-order valence-electron chi connectivity index (χ1n) is 6.08. The van der Waals surface area contributed by atoms with Gasteiger partial charge in [0, 0.05) is 24.4 Å². The molecule has 0 unspecified atom stereocenters. The molecule has 0 atom stereocenters. The normalized spacial score (nSPS) is 10.8. The van der Waals surface area contributed by atoms with E-state index in [9.17, 15) is 0 Å². The van der Waals surface area contributed by atoms with Crippen molar-refractivity contribution in [2.45, 2.75) is 33.4 Å². The van der Waals surface area contributed by atoms with Crippen molar-refractivity contribution in [1.82, 2.24) is 20.7 Å². The van der Waals surface area contributed by atoms with Gasteiger partial charge in [-0.05, 0) is 19.9 Å². The number of aromatic nitrogens is 3. The standard InChI is InChI=1S/C12H18N4O2/c1-3-4-13-7-10-6-11(18-16-10)8-17-12-5-9(2)14-15-12/h5-6,13H,3-4,7-8H2,1-2H3,(H,14,15). The van der Waals surface area contributed by atoms with Gasteiger partial charge in [-0.25, -0.2) is 0 Å². The minimum atomic E-state index is 0.338. The Bertz CT molecular complexity index is 478. The maximum atomic E-state index is 5.46. The van der Waals surface area contributed by atoms with Crippen LogP contribution in [0.25, 0.3) is 0 Å². The molecule has 2 N–H and O–H groups in total. The molecule has 6 heteroatoms. The highest BCUT2D eigenvalue weighted by atomic mass is 16.5. The summed E-state index contributed by atoms with van der Waals surface area (Å²) in [6.07, 6.45) is 1.10. The molecular weight excluding hydrogens is 232 g/mol. The Labute approximate surface area is 106 Å². The molecule has 2 aromatic heterocycles. The van der Waals surface area contributed by atoms with E-state index in [1.54, 1.807) is 0 Å². The van der Waals surface area contributed by atoms with Gasteiger partial charge in [0.25, 0.3) is 0 Å². The SMILES string of the molecule is CCCNCc1cc(COc2cc(C)[nH]n2)on1. The number of hydrogen-bond acceptors (Lipinski definition) is 5. The minimum absolute atomic E-state index is 0.338. The third-order valence-corrected chi connectivity index (χ3v) is 2.39. The zero-order chi connectivity index (χ0) is 12.8. The number of H-pyrrole nitrogens is 1. The van der Waals surface area contributed by atoms with E-state index in [4.69, 9.17) is 9.26 Å². The molecule has 0 saturated heterocycles. The van der Waals surface area contributed by atoms with Gasteiger partial charge in [-0.15, -0.1) is 5.10 Å². The van der Waals surface area contributed by atoms with Gasteiger partial charge in [0.1, 0.15) is 0 Å². The third kappa shape index (κ3) is 3.59. The molecule has 98 valence electrons. The Hall–Kier alpha value is -1.82. The van der Waals surface area contributed by atoms with Crippen molar-refractivity contribution in [3.8, 4) is 5.88 Å². The van der Waals surface area contributed by atoms with E-state index in [1.165, 1.54) is 0 Å². The average Bonchev–Trinajstić information content (AvgIpc) is 2.96. The van der Waals surface area contributed by atoms with Crippen LogP contribution in [0.3, 0.4) is 0 Å². The summed E-state index contributed by atoms with van der Waals surface area (Å²) in [6.45, 7) is 6.09. The van der Waals surface area contributed by atoms with Crippen LogP contribution in [0, 0.1) is 6.92 Å². The lowest BCUT2D eigenvalue weighted by molar-refractivity contribution is 0.240. The molecule has 0 saturated carbocycles. The van der Waals surface area contributed by atoms with Crippen molar-refractivity contribution in [3.05, 3.63) is 29.3 Å². The summed E-state index contributed by atoms with van der Waals surface area (Å²) in [4.78, 5) is 0. The predicted octanol–water partition coefficient (Wildman–Crippen LogP) is 1.78. The van der Waals surface area contributed by atoms with Crippen LogP contribution in [0.1, 0.15) is 30.5 Å². The van der Waals surface area contributed by atoms with E-state index < -0.39 is 0 Å². The first-order valence-corrected chi connectivity index (χ1v) is 6.08. The fourth-order valence-corrected chi connectivity index (χ4v) is 1.51. The average molecular weight is 250 g/mol. The summed E-state index contributed by atoms with van der Waals surface area (Å²) in [7, 11) is 0. The lowest BCUT2D eigenvalue weighted by Crippen LogP contribution is -2.13. The molecule has 0 amide bonds. The second-order valence-electron chi connectivity index (χ2n) is 4.14. The van der Waals surface area contributed by atoms with Crippen LogP contribution in [-0.4, -0.2) is 21.9 Å². The molecule has 0 fully saturated rings. The first kappa shape index (κ1) is 12.6. The lowest BCUT2D eigenvalue weighted by Gasteiger charge is -1.97. The number of hydrogen-bond donors (Lipinski definition) is 2. The Morgan fingerprint density at radius 2 is 2.33 bits per heavy atom. The monoisotopic (exact) mass is 250 g/mol. The molecule has 18 heavy (non-hydrogen) atoms. The van der Waals surface area contributed by atoms with Gasteiger partial charge < -0.3 is 14.6 Å². The van der Waals surface area contributed by atoms with Crippen molar-refractivity contribution in [3.63, 3.8) is 0 Å². The van der Waals surface area contributed by atoms with Crippen molar-refractivity contribution in [1.29, 1.82) is 0 Å².